The van der Waals surface area contributed by atoms with Crippen LogP contribution in [-0.4, -0.2) is 19.8 Å². The number of hydrogen-bond acceptors (Lipinski definition) is 3. The topological polar surface area (TPSA) is 45.0 Å². The molecular formula is C13H15ClN2O. The molecule has 17 heavy (non-hydrogen) atoms. The minimum atomic E-state index is 0.575. The number of anilines is 1. The van der Waals surface area contributed by atoms with Crippen molar-refractivity contribution in [3.05, 3.63) is 28.8 Å². The van der Waals surface area contributed by atoms with E-state index in [1.54, 1.807) is 12.1 Å². The van der Waals surface area contributed by atoms with Crippen LogP contribution in [0.15, 0.2) is 18.2 Å². The third-order valence-electron chi connectivity index (χ3n) is 2.71. The van der Waals surface area contributed by atoms with Crippen molar-refractivity contribution in [1.29, 1.82) is 5.26 Å². The average molecular weight is 251 g/mol. The predicted molar refractivity (Wildman–Crippen MR) is 68.2 cm³/mol. The molecule has 4 heteroatoms. The number of halogens is 1. The van der Waals surface area contributed by atoms with E-state index in [0.29, 0.717) is 17.2 Å². The molecule has 0 aromatic heterocycles. The van der Waals surface area contributed by atoms with Gasteiger partial charge in [-0.3, -0.25) is 0 Å². The maximum Gasteiger partial charge on any atom is 0.0992 e. The molecule has 1 aliphatic rings. The molecule has 0 amide bonds. The zero-order chi connectivity index (χ0) is 12.1. The molecule has 90 valence electrons. The average Bonchev–Trinajstić information content (AvgIpc) is 3.14. The second-order valence-corrected chi connectivity index (χ2v) is 4.66. The molecule has 0 unspecified atom stereocenters. The van der Waals surface area contributed by atoms with Gasteiger partial charge in [0.25, 0.3) is 0 Å². The van der Waals surface area contributed by atoms with E-state index in [9.17, 15) is 0 Å². The summed E-state index contributed by atoms with van der Waals surface area (Å²) in [4.78, 5) is 0. The first kappa shape index (κ1) is 12.2. The largest absolute Gasteiger partial charge is 0.382 e. The summed E-state index contributed by atoms with van der Waals surface area (Å²) in [5.41, 5.74) is 1.42. The van der Waals surface area contributed by atoms with Crippen molar-refractivity contribution in [1.82, 2.24) is 0 Å². The van der Waals surface area contributed by atoms with E-state index in [-0.39, 0.29) is 0 Å². The van der Waals surface area contributed by atoms with Crippen molar-refractivity contribution in [2.24, 2.45) is 5.92 Å². The van der Waals surface area contributed by atoms with Crippen LogP contribution in [0.2, 0.25) is 5.02 Å². The Morgan fingerprint density at radius 3 is 2.94 bits per heavy atom. The fourth-order valence-electron chi connectivity index (χ4n) is 1.52. The number of benzene rings is 1. The van der Waals surface area contributed by atoms with Crippen molar-refractivity contribution in [3.8, 4) is 6.07 Å². The van der Waals surface area contributed by atoms with Gasteiger partial charge in [0.15, 0.2) is 0 Å². The van der Waals surface area contributed by atoms with E-state index < -0.39 is 0 Å². The normalized spacial score (nSPS) is 14.4. The highest BCUT2D eigenvalue weighted by Gasteiger charge is 2.20. The first-order valence-corrected chi connectivity index (χ1v) is 6.18. The number of rotatable bonds is 6. The highest BCUT2D eigenvalue weighted by atomic mass is 35.5. The van der Waals surface area contributed by atoms with Gasteiger partial charge in [-0.15, -0.1) is 0 Å². The van der Waals surface area contributed by atoms with Crippen LogP contribution in [0.25, 0.3) is 0 Å². The Kier molecular flexibility index (Phi) is 4.24. The van der Waals surface area contributed by atoms with E-state index >= 15 is 0 Å². The Labute approximate surface area is 106 Å². The first-order chi connectivity index (χ1) is 8.29. The van der Waals surface area contributed by atoms with Gasteiger partial charge in [0.2, 0.25) is 0 Å². The van der Waals surface area contributed by atoms with Crippen LogP contribution >= 0.6 is 11.6 Å². The van der Waals surface area contributed by atoms with Crippen LogP contribution < -0.4 is 5.32 Å². The monoisotopic (exact) mass is 250 g/mol. The number of nitrogens with zero attached hydrogens (tertiary/aromatic N) is 1. The molecule has 2 rings (SSSR count). The highest BCUT2D eigenvalue weighted by molar-refractivity contribution is 6.33. The van der Waals surface area contributed by atoms with Gasteiger partial charge in [-0.25, -0.2) is 0 Å². The summed E-state index contributed by atoms with van der Waals surface area (Å²) in [7, 11) is 0. The van der Waals surface area contributed by atoms with Crippen molar-refractivity contribution >= 4 is 17.3 Å². The predicted octanol–water partition coefficient (Wildman–Crippen LogP) is 3.05. The molecule has 0 saturated heterocycles. The lowest BCUT2D eigenvalue weighted by molar-refractivity contribution is 0.134. The Bertz CT molecular complexity index is 424. The quantitative estimate of drug-likeness (QED) is 0.790. The molecule has 0 radical (unpaired) electrons. The van der Waals surface area contributed by atoms with Crippen molar-refractivity contribution < 1.29 is 4.74 Å². The van der Waals surface area contributed by atoms with Crippen LogP contribution in [0.5, 0.6) is 0 Å². The lowest BCUT2D eigenvalue weighted by atomic mass is 10.2. The summed E-state index contributed by atoms with van der Waals surface area (Å²) >= 11 is 6.03. The highest BCUT2D eigenvalue weighted by Crippen LogP contribution is 2.28. The van der Waals surface area contributed by atoms with Crippen LogP contribution in [0.4, 0.5) is 5.69 Å². The molecule has 1 aliphatic carbocycles. The van der Waals surface area contributed by atoms with Crippen LogP contribution in [0.1, 0.15) is 18.4 Å². The van der Waals surface area contributed by atoms with Gasteiger partial charge in [-0.2, -0.15) is 5.26 Å². The summed E-state index contributed by atoms with van der Waals surface area (Å²) < 4.78 is 5.51. The Hall–Kier alpha value is -1.24. The van der Waals surface area contributed by atoms with Gasteiger partial charge in [-0.1, -0.05) is 11.6 Å². The molecular weight excluding hydrogens is 236 g/mol. The lowest BCUT2D eigenvalue weighted by Crippen LogP contribution is -2.10. The van der Waals surface area contributed by atoms with Gasteiger partial charge >= 0.3 is 0 Å². The van der Waals surface area contributed by atoms with Crippen LogP contribution in [-0.2, 0) is 4.74 Å². The molecule has 1 aromatic carbocycles. The number of nitriles is 1. The van der Waals surface area contributed by atoms with Crippen LogP contribution in [0.3, 0.4) is 0 Å². The third kappa shape index (κ3) is 3.92. The Morgan fingerprint density at radius 2 is 2.29 bits per heavy atom. The van der Waals surface area contributed by atoms with Crippen LogP contribution in [0, 0.1) is 17.2 Å². The number of nitrogens with one attached hydrogen (secondary N) is 1. The maximum atomic E-state index is 8.71. The summed E-state index contributed by atoms with van der Waals surface area (Å²) in [5, 5.41) is 12.5. The molecule has 0 bridgehead atoms. The van der Waals surface area contributed by atoms with Gasteiger partial charge in [0.05, 0.1) is 28.9 Å². The maximum absolute atomic E-state index is 8.71. The summed E-state index contributed by atoms with van der Waals surface area (Å²) in [5.74, 6) is 0.800. The molecule has 1 saturated carbocycles. The second-order valence-electron chi connectivity index (χ2n) is 4.25. The fraction of sp³-hybridized carbons (Fsp3) is 0.462. The minimum Gasteiger partial charge on any atom is -0.382 e. The molecule has 1 N–H and O–H groups in total. The zero-order valence-electron chi connectivity index (χ0n) is 9.58. The first-order valence-electron chi connectivity index (χ1n) is 5.81. The van der Waals surface area contributed by atoms with Gasteiger partial charge in [0, 0.05) is 13.2 Å². The minimum absolute atomic E-state index is 0.575. The molecule has 0 spiro atoms. The second kappa shape index (κ2) is 5.90. The van der Waals surface area contributed by atoms with Gasteiger partial charge in [0.1, 0.15) is 0 Å². The third-order valence-corrected chi connectivity index (χ3v) is 3.02. The van der Waals surface area contributed by atoms with Crippen molar-refractivity contribution in [2.75, 3.05) is 25.1 Å². The number of ether oxygens (including phenoxy) is 1. The van der Waals surface area contributed by atoms with E-state index in [0.717, 1.165) is 24.8 Å². The van der Waals surface area contributed by atoms with Crippen molar-refractivity contribution in [3.63, 3.8) is 0 Å². The summed E-state index contributed by atoms with van der Waals surface area (Å²) in [6, 6.07) is 7.29. The number of hydrogen-bond donors (Lipinski definition) is 1. The lowest BCUT2D eigenvalue weighted by Gasteiger charge is -2.08. The molecule has 1 aromatic rings. The molecule has 3 nitrogen and oxygen atoms in total. The fourth-order valence-corrected chi connectivity index (χ4v) is 1.77. The van der Waals surface area contributed by atoms with E-state index in [1.165, 1.54) is 12.8 Å². The van der Waals surface area contributed by atoms with E-state index in [1.807, 2.05) is 6.07 Å². The van der Waals surface area contributed by atoms with E-state index in [2.05, 4.69) is 11.4 Å². The zero-order valence-corrected chi connectivity index (χ0v) is 10.3. The van der Waals surface area contributed by atoms with E-state index in [4.69, 9.17) is 21.6 Å². The standard InChI is InChI=1S/C13H15ClN2O/c14-12-7-11(8-15)3-4-13(12)16-5-6-17-9-10-1-2-10/h3-4,7,10,16H,1-2,5-6,9H2. The smallest absolute Gasteiger partial charge is 0.0992 e. The molecule has 0 aliphatic heterocycles. The Balaban J connectivity index is 1.72. The SMILES string of the molecule is N#Cc1ccc(NCCOCC2CC2)c(Cl)c1. The summed E-state index contributed by atoms with van der Waals surface area (Å²) in [6.07, 6.45) is 2.63. The summed E-state index contributed by atoms with van der Waals surface area (Å²) in [6.45, 7) is 2.30. The molecule has 1 fully saturated rings. The van der Waals surface area contributed by atoms with Gasteiger partial charge < -0.3 is 10.1 Å². The van der Waals surface area contributed by atoms with Gasteiger partial charge in [-0.05, 0) is 37.0 Å². The molecule has 0 atom stereocenters. The molecule has 0 heterocycles. The Morgan fingerprint density at radius 1 is 1.47 bits per heavy atom. The van der Waals surface area contributed by atoms with Crippen molar-refractivity contribution in [2.45, 2.75) is 12.8 Å².